The molecular formula is C24H23N3O2. The lowest BCUT2D eigenvalue weighted by Gasteiger charge is -2.20. The minimum atomic E-state index is -0.215. The van der Waals surface area contributed by atoms with Crippen LogP contribution in [0.4, 0.5) is 0 Å². The van der Waals surface area contributed by atoms with Gasteiger partial charge in [-0.2, -0.15) is 0 Å². The fourth-order valence-corrected chi connectivity index (χ4v) is 3.81. The largest absolute Gasteiger partial charge is 0.351 e. The van der Waals surface area contributed by atoms with Gasteiger partial charge in [0.15, 0.2) is 0 Å². The lowest BCUT2D eigenvalue weighted by molar-refractivity contribution is 0.0951. The van der Waals surface area contributed by atoms with Gasteiger partial charge in [0, 0.05) is 31.1 Å². The number of aryl methyl sites for hydroxylation is 1. The molecule has 0 fully saturated rings. The number of pyridine rings is 1. The van der Waals surface area contributed by atoms with Crippen LogP contribution in [0.3, 0.4) is 0 Å². The van der Waals surface area contributed by atoms with Gasteiger partial charge < -0.3 is 14.9 Å². The molecule has 0 saturated carbocycles. The van der Waals surface area contributed by atoms with Crippen LogP contribution in [-0.2, 0) is 7.05 Å². The molecule has 0 aliphatic heterocycles. The first kappa shape index (κ1) is 18.7. The Balaban J connectivity index is 2.00. The quantitative estimate of drug-likeness (QED) is 0.549. The topological polar surface area (TPSA) is 66.9 Å². The first-order chi connectivity index (χ1) is 14.1. The zero-order valence-electron chi connectivity index (χ0n) is 16.5. The number of fused-ring (bicyclic) bond motifs is 1. The summed E-state index contributed by atoms with van der Waals surface area (Å²) in [5.41, 5.74) is 3.92. The molecule has 2 aromatic carbocycles. The van der Waals surface area contributed by atoms with Gasteiger partial charge in [-0.25, -0.2) is 0 Å². The third-order valence-electron chi connectivity index (χ3n) is 5.15. The predicted molar refractivity (Wildman–Crippen MR) is 115 cm³/mol. The Morgan fingerprint density at radius 2 is 1.62 bits per heavy atom. The summed E-state index contributed by atoms with van der Waals surface area (Å²) in [4.78, 5) is 28.2. The van der Waals surface area contributed by atoms with Gasteiger partial charge in [-0.05, 0) is 29.7 Å². The van der Waals surface area contributed by atoms with E-state index < -0.39 is 0 Å². The molecule has 4 aromatic rings. The van der Waals surface area contributed by atoms with Crippen molar-refractivity contribution >= 4 is 16.8 Å². The van der Waals surface area contributed by atoms with Gasteiger partial charge in [0.25, 0.3) is 11.5 Å². The number of hydrogen-bond donors (Lipinski definition) is 2. The number of nitrogens with zero attached hydrogens (tertiary/aromatic N) is 1. The second-order valence-electron chi connectivity index (χ2n) is 7.09. The molecule has 2 heterocycles. The Kier molecular flexibility index (Phi) is 5.04. The highest BCUT2D eigenvalue weighted by atomic mass is 16.2. The van der Waals surface area contributed by atoms with Crippen LogP contribution in [0.1, 0.15) is 40.0 Å². The smallest absolute Gasteiger partial charge is 0.274 e. The Hall–Kier alpha value is -3.60. The van der Waals surface area contributed by atoms with E-state index in [-0.39, 0.29) is 17.4 Å². The summed E-state index contributed by atoms with van der Waals surface area (Å²) < 4.78 is 1.58. The van der Waals surface area contributed by atoms with Gasteiger partial charge in [-0.15, -0.1) is 0 Å². The number of rotatable bonds is 5. The lowest BCUT2D eigenvalue weighted by Crippen LogP contribution is -2.23. The first-order valence-electron chi connectivity index (χ1n) is 9.70. The standard InChI is InChI=1S/C24H23N3O2/c1-3-25-23(28)20-14-18-19(15-27(2)24(29)22(18)26-20)21(16-10-6-4-7-11-16)17-12-8-5-9-13-17/h4-15,21,26H,3H2,1-2H3,(H,25,28). The minimum absolute atomic E-state index is 0.0652. The number of benzene rings is 2. The predicted octanol–water partition coefficient (Wildman–Crippen LogP) is 3.80. The van der Waals surface area contributed by atoms with Crippen molar-refractivity contribution in [3.8, 4) is 0 Å². The molecule has 5 heteroatoms. The highest BCUT2D eigenvalue weighted by Gasteiger charge is 2.23. The molecule has 5 nitrogen and oxygen atoms in total. The minimum Gasteiger partial charge on any atom is -0.351 e. The van der Waals surface area contributed by atoms with Crippen molar-refractivity contribution in [2.75, 3.05) is 6.54 Å². The number of carbonyl (C=O) groups is 1. The maximum absolute atomic E-state index is 12.8. The van der Waals surface area contributed by atoms with Crippen molar-refractivity contribution in [1.82, 2.24) is 14.9 Å². The average molecular weight is 385 g/mol. The van der Waals surface area contributed by atoms with Gasteiger partial charge >= 0.3 is 0 Å². The van der Waals surface area contributed by atoms with Crippen LogP contribution in [0.5, 0.6) is 0 Å². The van der Waals surface area contributed by atoms with E-state index in [9.17, 15) is 9.59 Å². The van der Waals surface area contributed by atoms with Crippen LogP contribution in [0.25, 0.3) is 10.9 Å². The maximum Gasteiger partial charge on any atom is 0.274 e. The summed E-state index contributed by atoms with van der Waals surface area (Å²) >= 11 is 0. The molecule has 2 N–H and O–H groups in total. The van der Waals surface area contributed by atoms with Crippen LogP contribution < -0.4 is 10.9 Å². The number of aromatic amines is 1. The lowest BCUT2D eigenvalue weighted by atomic mass is 9.84. The summed E-state index contributed by atoms with van der Waals surface area (Å²) in [7, 11) is 1.74. The number of amides is 1. The molecule has 2 aromatic heterocycles. The number of hydrogen-bond acceptors (Lipinski definition) is 2. The van der Waals surface area contributed by atoms with Crippen molar-refractivity contribution in [3.63, 3.8) is 0 Å². The van der Waals surface area contributed by atoms with Crippen LogP contribution in [0, 0.1) is 0 Å². The highest BCUT2D eigenvalue weighted by molar-refractivity contribution is 5.99. The van der Waals surface area contributed by atoms with E-state index in [1.165, 1.54) is 0 Å². The zero-order valence-corrected chi connectivity index (χ0v) is 16.5. The Morgan fingerprint density at radius 3 is 2.17 bits per heavy atom. The van der Waals surface area contributed by atoms with E-state index in [1.807, 2.05) is 49.5 Å². The van der Waals surface area contributed by atoms with Gasteiger partial charge in [0.05, 0.1) is 0 Å². The molecule has 0 bridgehead atoms. The van der Waals surface area contributed by atoms with Crippen LogP contribution >= 0.6 is 0 Å². The van der Waals surface area contributed by atoms with E-state index in [4.69, 9.17) is 0 Å². The molecule has 0 unspecified atom stereocenters. The molecule has 4 rings (SSSR count). The normalized spacial score (nSPS) is 11.1. The molecule has 0 saturated heterocycles. The molecule has 146 valence electrons. The van der Waals surface area contributed by atoms with Crippen LogP contribution in [-0.4, -0.2) is 22.0 Å². The number of H-pyrrole nitrogens is 1. The number of aromatic nitrogens is 2. The van der Waals surface area contributed by atoms with E-state index in [0.717, 1.165) is 22.1 Å². The number of nitrogens with one attached hydrogen (secondary N) is 2. The van der Waals surface area contributed by atoms with Crippen molar-refractivity contribution in [2.45, 2.75) is 12.8 Å². The van der Waals surface area contributed by atoms with Crippen molar-refractivity contribution < 1.29 is 4.79 Å². The van der Waals surface area contributed by atoms with Gasteiger partial charge in [-0.1, -0.05) is 60.7 Å². The van der Waals surface area contributed by atoms with E-state index in [2.05, 4.69) is 34.6 Å². The van der Waals surface area contributed by atoms with Crippen molar-refractivity contribution in [2.24, 2.45) is 7.05 Å². The van der Waals surface area contributed by atoms with E-state index in [0.29, 0.717) is 17.8 Å². The molecular weight excluding hydrogens is 362 g/mol. The Labute approximate surface area is 169 Å². The van der Waals surface area contributed by atoms with Gasteiger partial charge in [-0.3, -0.25) is 9.59 Å². The van der Waals surface area contributed by atoms with Crippen LogP contribution in [0.2, 0.25) is 0 Å². The second-order valence-corrected chi connectivity index (χ2v) is 7.09. The molecule has 0 radical (unpaired) electrons. The first-order valence-corrected chi connectivity index (χ1v) is 9.70. The van der Waals surface area contributed by atoms with Crippen LogP contribution in [0.15, 0.2) is 77.7 Å². The van der Waals surface area contributed by atoms with E-state index in [1.54, 1.807) is 17.7 Å². The summed E-state index contributed by atoms with van der Waals surface area (Å²) in [5.74, 6) is -0.280. The SMILES string of the molecule is CCNC(=O)c1cc2c(C(c3ccccc3)c3ccccc3)cn(C)c(=O)c2[nH]1. The summed E-state index contributed by atoms with van der Waals surface area (Å²) in [6.45, 7) is 2.39. The monoisotopic (exact) mass is 385 g/mol. The maximum atomic E-state index is 12.8. The molecule has 1 amide bonds. The average Bonchev–Trinajstić information content (AvgIpc) is 3.20. The zero-order chi connectivity index (χ0) is 20.4. The molecule has 0 aliphatic rings. The highest BCUT2D eigenvalue weighted by Crippen LogP contribution is 2.35. The molecule has 0 atom stereocenters. The summed E-state index contributed by atoms with van der Waals surface area (Å²) in [6.07, 6.45) is 1.88. The third kappa shape index (κ3) is 3.47. The van der Waals surface area contributed by atoms with Crippen molar-refractivity contribution in [1.29, 1.82) is 0 Å². The van der Waals surface area contributed by atoms with Gasteiger partial charge in [0.1, 0.15) is 11.2 Å². The Bertz CT molecular complexity index is 1170. The summed E-state index contributed by atoms with van der Waals surface area (Å²) in [5, 5.41) is 3.56. The van der Waals surface area contributed by atoms with E-state index >= 15 is 0 Å². The second kappa shape index (κ2) is 7.80. The number of carbonyl (C=O) groups excluding carboxylic acids is 1. The van der Waals surface area contributed by atoms with Crippen molar-refractivity contribution in [3.05, 3.63) is 106 Å². The molecule has 0 spiro atoms. The molecule has 29 heavy (non-hydrogen) atoms. The molecule has 0 aliphatic carbocycles. The summed E-state index contributed by atoms with van der Waals surface area (Å²) in [6, 6.07) is 22.2. The van der Waals surface area contributed by atoms with Gasteiger partial charge in [0.2, 0.25) is 0 Å². The Morgan fingerprint density at radius 1 is 1.03 bits per heavy atom. The third-order valence-corrected chi connectivity index (χ3v) is 5.15. The fourth-order valence-electron chi connectivity index (χ4n) is 3.81. The fraction of sp³-hybridized carbons (Fsp3) is 0.167.